The molecule has 3 aromatic rings. The van der Waals surface area contributed by atoms with Gasteiger partial charge in [-0.3, -0.25) is 9.59 Å². The highest BCUT2D eigenvalue weighted by atomic mass is 16.5. The summed E-state index contributed by atoms with van der Waals surface area (Å²) >= 11 is 0. The lowest BCUT2D eigenvalue weighted by Gasteiger charge is -2.10. The molecular weight excluding hydrogens is 352 g/mol. The number of ether oxygens (including phenoxy) is 1. The van der Waals surface area contributed by atoms with Gasteiger partial charge in [-0.1, -0.05) is 42.0 Å². The van der Waals surface area contributed by atoms with Crippen LogP contribution in [-0.4, -0.2) is 11.8 Å². The van der Waals surface area contributed by atoms with Crippen molar-refractivity contribution in [1.82, 2.24) is 0 Å². The maximum Gasteiger partial charge on any atom is 0.255 e. The SMILES string of the molecule is CC(=O)Nc1cccc(NC(=O)c2cccc(OCc3cccc(C)c3)c2)c1. The summed E-state index contributed by atoms with van der Waals surface area (Å²) in [6.07, 6.45) is 0. The molecule has 0 aliphatic heterocycles. The van der Waals surface area contributed by atoms with Gasteiger partial charge >= 0.3 is 0 Å². The van der Waals surface area contributed by atoms with E-state index >= 15 is 0 Å². The van der Waals surface area contributed by atoms with E-state index in [1.807, 2.05) is 31.2 Å². The van der Waals surface area contributed by atoms with Crippen LogP contribution in [0.15, 0.2) is 72.8 Å². The number of benzene rings is 3. The summed E-state index contributed by atoms with van der Waals surface area (Å²) in [5, 5.41) is 5.53. The summed E-state index contributed by atoms with van der Waals surface area (Å²) in [5.41, 5.74) is 3.97. The first-order chi connectivity index (χ1) is 13.5. The summed E-state index contributed by atoms with van der Waals surface area (Å²) < 4.78 is 5.82. The molecule has 3 rings (SSSR count). The van der Waals surface area contributed by atoms with E-state index < -0.39 is 0 Å². The van der Waals surface area contributed by atoms with Crippen molar-refractivity contribution >= 4 is 23.2 Å². The van der Waals surface area contributed by atoms with Crippen molar-refractivity contribution in [2.75, 3.05) is 10.6 Å². The first kappa shape index (κ1) is 19.2. The summed E-state index contributed by atoms with van der Waals surface area (Å²) in [6.45, 7) is 3.91. The van der Waals surface area contributed by atoms with Gasteiger partial charge in [-0.05, 0) is 48.9 Å². The Bertz CT molecular complexity index is 998. The number of amides is 2. The van der Waals surface area contributed by atoms with Crippen molar-refractivity contribution < 1.29 is 14.3 Å². The van der Waals surface area contributed by atoms with Crippen LogP contribution in [-0.2, 0) is 11.4 Å². The predicted molar refractivity (Wildman–Crippen MR) is 111 cm³/mol. The van der Waals surface area contributed by atoms with Crippen LogP contribution in [0.4, 0.5) is 11.4 Å². The third-order valence-corrected chi connectivity index (χ3v) is 4.03. The molecule has 0 spiro atoms. The van der Waals surface area contributed by atoms with Crippen molar-refractivity contribution in [1.29, 1.82) is 0 Å². The molecule has 0 aliphatic carbocycles. The fourth-order valence-electron chi connectivity index (χ4n) is 2.78. The molecular formula is C23H22N2O3. The Morgan fingerprint density at radius 1 is 0.857 bits per heavy atom. The van der Waals surface area contributed by atoms with E-state index in [9.17, 15) is 9.59 Å². The number of hydrogen-bond donors (Lipinski definition) is 2. The zero-order valence-electron chi connectivity index (χ0n) is 15.9. The number of aryl methyl sites for hydroxylation is 1. The summed E-state index contributed by atoms with van der Waals surface area (Å²) in [6, 6.07) is 22.2. The molecule has 2 N–H and O–H groups in total. The Kier molecular flexibility index (Phi) is 6.07. The topological polar surface area (TPSA) is 67.4 Å². The van der Waals surface area contributed by atoms with Gasteiger partial charge in [-0.25, -0.2) is 0 Å². The number of hydrogen-bond acceptors (Lipinski definition) is 3. The van der Waals surface area contributed by atoms with Gasteiger partial charge in [-0.2, -0.15) is 0 Å². The van der Waals surface area contributed by atoms with Gasteiger partial charge < -0.3 is 15.4 Å². The van der Waals surface area contributed by atoms with Crippen LogP contribution in [0.3, 0.4) is 0 Å². The molecule has 3 aromatic carbocycles. The Hall–Kier alpha value is -3.60. The van der Waals surface area contributed by atoms with E-state index in [0.29, 0.717) is 29.3 Å². The standard InChI is InChI=1S/C23H22N2O3/c1-16-6-3-7-18(12-16)15-28-22-11-4-8-19(13-22)23(27)25-21-10-5-9-20(14-21)24-17(2)26/h3-14H,15H2,1-2H3,(H,24,26)(H,25,27). The third-order valence-electron chi connectivity index (χ3n) is 4.03. The molecule has 5 nitrogen and oxygen atoms in total. The highest BCUT2D eigenvalue weighted by Crippen LogP contribution is 2.19. The number of anilines is 2. The van der Waals surface area contributed by atoms with Crippen LogP contribution in [0, 0.1) is 6.92 Å². The van der Waals surface area contributed by atoms with Gasteiger partial charge in [0.05, 0.1) is 0 Å². The van der Waals surface area contributed by atoms with Crippen LogP contribution < -0.4 is 15.4 Å². The summed E-state index contributed by atoms with van der Waals surface area (Å²) in [7, 11) is 0. The van der Waals surface area contributed by atoms with E-state index in [4.69, 9.17) is 4.74 Å². The van der Waals surface area contributed by atoms with E-state index in [2.05, 4.69) is 16.7 Å². The summed E-state index contributed by atoms with van der Waals surface area (Å²) in [5.74, 6) is 0.212. The minimum Gasteiger partial charge on any atom is -0.489 e. The highest BCUT2D eigenvalue weighted by molar-refractivity contribution is 6.04. The van der Waals surface area contributed by atoms with Gasteiger partial charge in [-0.15, -0.1) is 0 Å². The van der Waals surface area contributed by atoms with Crippen molar-refractivity contribution in [3.8, 4) is 5.75 Å². The molecule has 142 valence electrons. The molecule has 0 heterocycles. The molecule has 0 fully saturated rings. The normalized spacial score (nSPS) is 10.2. The van der Waals surface area contributed by atoms with Crippen LogP contribution >= 0.6 is 0 Å². The molecule has 5 heteroatoms. The molecule has 2 amide bonds. The number of rotatable bonds is 6. The van der Waals surface area contributed by atoms with Crippen molar-refractivity contribution in [2.24, 2.45) is 0 Å². The first-order valence-electron chi connectivity index (χ1n) is 8.97. The minimum atomic E-state index is -0.249. The smallest absolute Gasteiger partial charge is 0.255 e. The van der Waals surface area contributed by atoms with E-state index in [0.717, 1.165) is 5.56 Å². The number of carbonyl (C=O) groups is 2. The molecule has 0 radical (unpaired) electrons. The zero-order chi connectivity index (χ0) is 19.9. The van der Waals surface area contributed by atoms with Gasteiger partial charge in [0.2, 0.25) is 5.91 Å². The third kappa shape index (κ3) is 5.45. The van der Waals surface area contributed by atoms with Crippen LogP contribution in [0.5, 0.6) is 5.75 Å². The molecule has 0 saturated carbocycles. The maximum atomic E-state index is 12.6. The molecule has 0 bridgehead atoms. The van der Waals surface area contributed by atoms with Gasteiger partial charge in [0.1, 0.15) is 12.4 Å². The average Bonchev–Trinajstić information content (AvgIpc) is 2.66. The van der Waals surface area contributed by atoms with Crippen molar-refractivity contribution in [3.05, 3.63) is 89.5 Å². The largest absolute Gasteiger partial charge is 0.489 e. The van der Waals surface area contributed by atoms with Crippen molar-refractivity contribution in [3.63, 3.8) is 0 Å². The van der Waals surface area contributed by atoms with Crippen LogP contribution in [0.1, 0.15) is 28.4 Å². The lowest BCUT2D eigenvalue weighted by atomic mass is 10.1. The van der Waals surface area contributed by atoms with Crippen LogP contribution in [0.25, 0.3) is 0 Å². The highest BCUT2D eigenvalue weighted by Gasteiger charge is 2.08. The Morgan fingerprint density at radius 2 is 1.57 bits per heavy atom. The lowest BCUT2D eigenvalue weighted by molar-refractivity contribution is -0.114. The molecule has 0 atom stereocenters. The second-order valence-corrected chi connectivity index (χ2v) is 6.52. The van der Waals surface area contributed by atoms with E-state index in [-0.39, 0.29) is 11.8 Å². The lowest BCUT2D eigenvalue weighted by Crippen LogP contribution is -2.12. The Morgan fingerprint density at radius 3 is 2.32 bits per heavy atom. The summed E-state index contributed by atoms with van der Waals surface area (Å²) in [4.78, 5) is 23.7. The average molecular weight is 374 g/mol. The van der Waals surface area contributed by atoms with Gasteiger partial charge in [0.15, 0.2) is 0 Å². The second kappa shape index (κ2) is 8.86. The van der Waals surface area contributed by atoms with Crippen molar-refractivity contribution in [2.45, 2.75) is 20.5 Å². The van der Waals surface area contributed by atoms with E-state index in [1.54, 1.807) is 42.5 Å². The minimum absolute atomic E-state index is 0.165. The quantitative estimate of drug-likeness (QED) is 0.652. The first-order valence-corrected chi connectivity index (χ1v) is 8.97. The fourth-order valence-corrected chi connectivity index (χ4v) is 2.78. The van der Waals surface area contributed by atoms with Gasteiger partial charge in [0, 0.05) is 23.9 Å². The van der Waals surface area contributed by atoms with E-state index in [1.165, 1.54) is 12.5 Å². The number of carbonyl (C=O) groups excluding carboxylic acids is 2. The molecule has 0 saturated heterocycles. The molecule has 0 unspecified atom stereocenters. The predicted octanol–water partition coefficient (Wildman–Crippen LogP) is 4.78. The fraction of sp³-hybridized carbons (Fsp3) is 0.130. The Labute approximate surface area is 164 Å². The molecule has 0 aliphatic rings. The maximum absolute atomic E-state index is 12.6. The second-order valence-electron chi connectivity index (χ2n) is 6.52. The van der Waals surface area contributed by atoms with Gasteiger partial charge in [0.25, 0.3) is 5.91 Å². The molecule has 0 aromatic heterocycles. The Balaban J connectivity index is 1.66. The van der Waals surface area contributed by atoms with Crippen LogP contribution in [0.2, 0.25) is 0 Å². The zero-order valence-corrected chi connectivity index (χ0v) is 15.9. The molecule has 28 heavy (non-hydrogen) atoms. The number of nitrogens with one attached hydrogen (secondary N) is 2. The monoisotopic (exact) mass is 374 g/mol.